The lowest BCUT2D eigenvalue weighted by atomic mass is 10.0. The molecule has 0 aliphatic carbocycles. The highest BCUT2D eigenvalue weighted by Gasteiger charge is 2.14. The number of aryl methyl sites for hydroxylation is 1. The zero-order valence-corrected chi connectivity index (χ0v) is 12.4. The van der Waals surface area contributed by atoms with Gasteiger partial charge in [-0.2, -0.15) is 5.10 Å². The average Bonchev–Trinajstić information content (AvgIpc) is 2.81. The highest BCUT2D eigenvalue weighted by Crippen LogP contribution is 2.18. The second kappa shape index (κ2) is 5.90. The fraction of sp³-hybridized carbons (Fsp3) is 0.375. The molecule has 106 valence electrons. The molecule has 2 aromatic rings. The van der Waals surface area contributed by atoms with Gasteiger partial charge in [0, 0.05) is 5.69 Å². The second-order valence-corrected chi connectivity index (χ2v) is 5.05. The van der Waals surface area contributed by atoms with Crippen molar-refractivity contribution >= 4 is 5.97 Å². The van der Waals surface area contributed by atoms with Gasteiger partial charge in [0.1, 0.15) is 0 Å². The zero-order chi connectivity index (χ0) is 14.7. The SMILES string of the molecule is CCOC(=O)c1cc(C)n(-c2ccc(C(C)C)cc2)n1. The number of esters is 1. The van der Waals surface area contributed by atoms with Gasteiger partial charge < -0.3 is 4.74 Å². The van der Waals surface area contributed by atoms with Gasteiger partial charge in [0.15, 0.2) is 5.69 Å². The molecule has 0 unspecified atom stereocenters. The van der Waals surface area contributed by atoms with Gasteiger partial charge in [0.05, 0.1) is 12.3 Å². The minimum atomic E-state index is -0.381. The molecule has 2 rings (SSSR count). The summed E-state index contributed by atoms with van der Waals surface area (Å²) in [6.07, 6.45) is 0. The first-order valence-electron chi connectivity index (χ1n) is 6.87. The van der Waals surface area contributed by atoms with E-state index < -0.39 is 0 Å². The van der Waals surface area contributed by atoms with Gasteiger partial charge in [-0.1, -0.05) is 26.0 Å². The molecule has 1 aromatic heterocycles. The summed E-state index contributed by atoms with van der Waals surface area (Å²) in [6.45, 7) is 8.38. The maximum absolute atomic E-state index is 11.7. The Morgan fingerprint density at radius 1 is 1.30 bits per heavy atom. The van der Waals surface area contributed by atoms with Crippen molar-refractivity contribution in [1.29, 1.82) is 0 Å². The number of hydrogen-bond acceptors (Lipinski definition) is 3. The van der Waals surface area contributed by atoms with Crippen LogP contribution in [0.15, 0.2) is 30.3 Å². The van der Waals surface area contributed by atoms with Crippen LogP contribution in [0.3, 0.4) is 0 Å². The van der Waals surface area contributed by atoms with E-state index in [1.165, 1.54) is 5.56 Å². The number of nitrogens with zero attached hydrogens (tertiary/aromatic N) is 2. The molecule has 1 heterocycles. The Bertz CT molecular complexity index is 597. The molecule has 20 heavy (non-hydrogen) atoms. The van der Waals surface area contributed by atoms with Gasteiger partial charge in [-0.25, -0.2) is 9.48 Å². The molecule has 0 aliphatic heterocycles. The van der Waals surface area contributed by atoms with Crippen LogP contribution in [0.1, 0.15) is 48.4 Å². The molecule has 0 atom stereocenters. The molecule has 0 fully saturated rings. The Kier molecular flexibility index (Phi) is 4.23. The largest absolute Gasteiger partial charge is 0.461 e. The Labute approximate surface area is 119 Å². The molecule has 0 bridgehead atoms. The molecule has 1 aromatic carbocycles. The number of aromatic nitrogens is 2. The van der Waals surface area contributed by atoms with Crippen LogP contribution in [-0.2, 0) is 4.74 Å². The van der Waals surface area contributed by atoms with Crippen LogP contribution in [0, 0.1) is 6.92 Å². The van der Waals surface area contributed by atoms with Crippen molar-refractivity contribution in [2.75, 3.05) is 6.61 Å². The normalized spacial score (nSPS) is 10.8. The van der Waals surface area contributed by atoms with E-state index in [2.05, 4.69) is 31.1 Å². The number of hydrogen-bond donors (Lipinski definition) is 0. The Morgan fingerprint density at radius 3 is 2.50 bits per heavy atom. The van der Waals surface area contributed by atoms with E-state index in [-0.39, 0.29) is 5.97 Å². The van der Waals surface area contributed by atoms with Crippen molar-refractivity contribution in [3.63, 3.8) is 0 Å². The van der Waals surface area contributed by atoms with E-state index in [0.717, 1.165) is 11.4 Å². The molecule has 4 heteroatoms. The summed E-state index contributed by atoms with van der Waals surface area (Å²) in [7, 11) is 0. The lowest BCUT2D eigenvalue weighted by Gasteiger charge is -2.08. The fourth-order valence-electron chi connectivity index (χ4n) is 2.04. The van der Waals surface area contributed by atoms with Crippen molar-refractivity contribution in [3.05, 3.63) is 47.3 Å². The number of carbonyl (C=O) groups is 1. The summed E-state index contributed by atoms with van der Waals surface area (Å²) in [4.78, 5) is 11.7. The van der Waals surface area contributed by atoms with E-state index in [1.807, 2.05) is 19.1 Å². The molecule has 0 saturated carbocycles. The second-order valence-electron chi connectivity index (χ2n) is 5.05. The fourth-order valence-corrected chi connectivity index (χ4v) is 2.04. The molecule has 0 spiro atoms. The quantitative estimate of drug-likeness (QED) is 0.800. The Hall–Kier alpha value is -2.10. The maximum atomic E-state index is 11.7. The topological polar surface area (TPSA) is 44.1 Å². The van der Waals surface area contributed by atoms with Gasteiger partial charge in [0.25, 0.3) is 0 Å². The summed E-state index contributed by atoms with van der Waals surface area (Å²) in [6, 6.07) is 9.96. The van der Waals surface area contributed by atoms with E-state index in [1.54, 1.807) is 17.7 Å². The molecule has 0 amide bonds. The monoisotopic (exact) mass is 272 g/mol. The van der Waals surface area contributed by atoms with Crippen molar-refractivity contribution in [3.8, 4) is 5.69 Å². The van der Waals surface area contributed by atoms with Crippen molar-refractivity contribution in [2.24, 2.45) is 0 Å². The number of benzene rings is 1. The summed E-state index contributed by atoms with van der Waals surface area (Å²) in [5.41, 5.74) is 3.48. The maximum Gasteiger partial charge on any atom is 0.358 e. The van der Waals surface area contributed by atoms with Gasteiger partial charge in [-0.15, -0.1) is 0 Å². The molecular weight excluding hydrogens is 252 g/mol. The van der Waals surface area contributed by atoms with Gasteiger partial charge >= 0.3 is 5.97 Å². The highest BCUT2D eigenvalue weighted by atomic mass is 16.5. The first-order valence-corrected chi connectivity index (χ1v) is 6.87. The van der Waals surface area contributed by atoms with Crippen LogP contribution in [0.25, 0.3) is 5.69 Å². The minimum absolute atomic E-state index is 0.345. The highest BCUT2D eigenvalue weighted by molar-refractivity contribution is 5.87. The molecule has 4 nitrogen and oxygen atoms in total. The van der Waals surface area contributed by atoms with E-state index >= 15 is 0 Å². The van der Waals surface area contributed by atoms with Gasteiger partial charge in [-0.3, -0.25) is 0 Å². The lowest BCUT2D eigenvalue weighted by Crippen LogP contribution is -2.06. The third-order valence-corrected chi connectivity index (χ3v) is 3.18. The van der Waals surface area contributed by atoms with Crippen LogP contribution >= 0.6 is 0 Å². The number of rotatable bonds is 4. The third kappa shape index (κ3) is 2.90. The van der Waals surface area contributed by atoms with Gasteiger partial charge in [0.2, 0.25) is 0 Å². The Morgan fingerprint density at radius 2 is 1.95 bits per heavy atom. The standard InChI is InChI=1S/C16H20N2O2/c1-5-20-16(19)15-10-12(4)18(17-15)14-8-6-13(7-9-14)11(2)3/h6-11H,5H2,1-4H3. The van der Waals surface area contributed by atoms with Crippen LogP contribution in [0.5, 0.6) is 0 Å². The average molecular weight is 272 g/mol. The summed E-state index contributed by atoms with van der Waals surface area (Å²) >= 11 is 0. The predicted octanol–water partition coefficient (Wildman–Crippen LogP) is 3.48. The molecule has 0 radical (unpaired) electrons. The number of carbonyl (C=O) groups excluding carboxylic acids is 1. The van der Waals surface area contributed by atoms with E-state index in [4.69, 9.17) is 4.74 Å². The summed E-state index contributed by atoms with van der Waals surface area (Å²) in [5.74, 6) is 0.117. The Balaban J connectivity index is 2.31. The third-order valence-electron chi connectivity index (χ3n) is 3.18. The lowest BCUT2D eigenvalue weighted by molar-refractivity contribution is 0.0519. The molecule has 0 aliphatic rings. The van der Waals surface area contributed by atoms with Crippen LogP contribution in [0.4, 0.5) is 0 Å². The summed E-state index contributed by atoms with van der Waals surface area (Å²) < 4.78 is 6.73. The molecular formula is C16H20N2O2. The smallest absolute Gasteiger partial charge is 0.358 e. The van der Waals surface area contributed by atoms with Crippen molar-refractivity contribution in [2.45, 2.75) is 33.6 Å². The predicted molar refractivity (Wildman–Crippen MR) is 78.3 cm³/mol. The minimum Gasteiger partial charge on any atom is -0.461 e. The van der Waals surface area contributed by atoms with Crippen molar-refractivity contribution in [1.82, 2.24) is 9.78 Å². The van der Waals surface area contributed by atoms with E-state index in [9.17, 15) is 4.79 Å². The summed E-state index contributed by atoms with van der Waals surface area (Å²) in [5, 5.41) is 4.32. The first kappa shape index (κ1) is 14.3. The zero-order valence-electron chi connectivity index (χ0n) is 12.4. The van der Waals surface area contributed by atoms with E-state index in [0.29, 0.717) is 18.2 Å². The van der Waals surface area contributed by atoms with Crippen LogP contribution in [-0.4, -0.2) is 22.4 Å². The molecule has 0 saturated heterocycles. The van der Waals surface area contributed by atoms with Crippen LogP contribution in [0.2, 0.25) is 0 Å². The van der Waals surface area contributed by atoms with Crippen molar-refractivity contribution < 1.29 is 9.53 Å². The van der Waals surface area contributed by atoms with Crippen LogP contribution < -0.4 is 0 Å². The molecule has 0 N–H and O–H groups in total. The van der Waals surface area contributed by atoms with Gasteiger partial charge in [-0.05, 0) is 43.5 Å². The first-order chi connectivity index (χ1) is 9.52. The number of ether oxygens (including phenoxy) is 1.